The van der Waals surface area contributed by atoms with Crippen LogP contribution in [0.4, 0.5) is 0 Å². The van der Waals surface area contributed by atoms with Gasteiger partial charge in [0.1, 0.15) is 0 Å². The van der Waals surface area contributed by atoms with Crippen molar-refractivity contribution in [1.82, 2.24) is 4.90 Å². The van der Waals surface area contributed by atoms with E-state index in [2.05, 4.69) is 0 Å². The normalized spacial score (nSPS) is 28.2. The highest BCUT2D eigenvalue weighted by Gasteiger charge is 2.44. The van der Waals surface area contributed by atoms with E-state index in [-0.39, 0.29) is 24.0 Å². The van der Waals surface area contributed by atoms with Crippen molar-refractivity contribution in [2.45, 2.75) is 32.7 Å². The van der Waals surface area contributed by atoms with E-state index in [0.29, 0.717) is 6.42 Å². The number of aliphatic hydroxyl groups excluding tert-OH is 1. The largest absolute Gasteiger partial charge is 0.396 e. The monoisotopic (exact) mass is 171 g/mol. The predicted octanol–water partition coefficient (Wildman–Crippen LogP) is 0.626. The van der Waals surface area contributed by atoms with E-state index in [1.54, 1.807) is 0 Å². The van der Waals surface area contributed by atoms with E-state index >= 15 is 0 Å². The summed E-state index contributed by atoms with van der Waals surface area (Å²) in [6.45, 7) is 6.85. The van der Waals surface area contributed by atoms with Gasteiger partial charge in [-0.3, -0.25) is 4.79 Å². The summed E-state index contributed by atoms with van der Waals surface area (Å²) in [5, 5.41) is 9.05. The van der Waals surface area contributed by atoms with E-state index in [1.165, 1.54) is 0 Å². The first-order valence-corrected chi connectivity index (χ1v) is 4.45. The third kappa shape index (κ3) is 1.22. The molecular formula is C9H17NO2. The van der Waals surface area contributed by atoms with Crippen LogP contribution in [-0.4, -0.2) is 34.6 Å². The minimum absolute atomic E-state index is 0.102. The highest BCUT2D eigenvalue weighted by molar-refractivity contribution is 5.80. The van der Waals surface area contributed by atoms with E-state index < -0.39 is 0 Å². The van der Waals surface area contributed by atoms with Crippen LogP contribution in [0.2, 0.25) is 0 Å². The van der Waals surface area contributed by atoms with Crippen molar-refractivity contribution >= 4 is 5.91 Å². The van der Waals surface area contributed by atoms with E-state index in [0.717, 1.165) is 6.54 Å². The van der Waals surface area contributed by atoms with Crippen molar-refractivity contribution in [1.29, 1.82) is 0 Å². The van der Waals surface area contributed by atoms with Gasteiger partial charge in [-0.25, -0.2) is 0 Å². The molecule has 1 N–H and O–H groups in total. The Morgan fingerprint density at radius 3 is 2.50 bits per heavy atom. The molecule has 12 heavy (non-hydrogen) atoms. The van der Waals surface area contributed by atoms with Crippen molar-refractivity contribution < 1.29 is 9.90 Å². The smallest absolute Gasteiger partial charge is 0.223 e. The molecule has 0 spiro atoms. The molecular weight excluding hydrogens is 154 g/mol. The Labute approximate surface area is 73.4 Å². The van der Waals surface area contributed by atoms with Crippen molar-refractivity contribution in [2.75, 3.05) is 13.2 Å². The lowest BCUT2D eigenvalue weighted by molar-refractivity contribution is -0.130. The van der Waals surface area contributed by atoms with Crippen molar-refractivity contribution in [3.05, 3.63) is 0 Å². The number of hydrogen-bond donors (Lipinski definition) is 1. The molecule has 1 amide bonds. The fourth-order valence-electron chi connectivity index (χ4n) is 1.98. The van der Waals surface area contributed by atoms with E-state index in [9.17, 15) is 4.79 Å². The van der Waals surface area contributed by atoms with Crippen molar-refractivity contribution in [3.63, 3.8) is 0 Å². The first-order valence-electron chi connectivity index (χ1n) is 4.45. The number of rotatable bonds is 2. The third-order valence-corrected chi connectivity index (χ3v) is 2.95. The summed E-state index contributed by atoms with van der Waals surface area (Å²) in [4.78, 5) is 13.2. The summed E-state index contributed by atoms with van der Waals surface area (Å²) in [5.74, 6) is 0.270. The van der Waals surface area contributed by atoms with Crippen molar-refractivity contribution in [2.24, 2.45) is 5.92 Å². The zero-order valence-electron chi connectivity index (χ0n) is 8.00. The Balaban J connectivity index is 2.83. The molecule has 1 rings (SSSR count). The topological polar surface area (TPSA) is 40.5 Å². The molecule has 1 fully saturated rings. The molecule has 1 aliphatic heterocycles. The summed E-state index contributed by atoms with van der Waals surface area (Å²) in [6.07, 6.45) is 0.497. The molecule has 1 heterocycles. The van der Waals surface area contributed by atoms with Gasteiger partial charge in [0, 0.05) is 31.0 Å². The Morgan fingerprint density at radius 1 is 1.67 bits per heavy atom. The van der Waals surface area contributed by atoms with Crippen LogP contribution in [-0.2, 0) is 4.79 Å². The summed E-state index contributed by atoms with van der Waals surface area (Å²) in [7, 11) is 0. The fraction of sp³-hybridized carbons (Fsp3) is 0.889. The number of carbonyl (C=O) groups is 1. The van der Waals surface area contributed by atoms with Gasteiger partial charge in [0.25, 0.3) is 0 Å². The van der Waals surface area contributed by atoms with Gasteiger partial charge < -0.3 is 10.0 Å². The van der Waals surface area contributed by atoms with Crippen molar-refractivity contribution in [3.8, 4) is 0 Å². The highest BCUT2D eigenvalue weighted by atomic mass is 16.3. The fourth-order valence-corrected chi connectivity index (χ4v) is 1.98. The average molecular weight is 171 g/mol. The summed E-state index contributed by atoms with van der Waals surface area (Å²) >= 11 is 0. The molecule has 1 unspecified atom stereocenters. The second-order valence-electron chi connectivity index (χ2n) is 3.88. The van der Waals surface area contributed by atoms with Crippen LogP contribution in [0.15, 0.2) is 0 Å². The van der Waals surface area contributed by atoms with Gasteiger partial charge in [-0.05, 0) is 20.8 Å². The summed E-state index contributed by atoms with van der Waals surface area (Å²) in [6, 6.07) is 0. The molecule has 1 saturated heterocycles. The maximum Gasteiger partial charge on any atom is 0.223 e. The van der Waals surface area contributed by atoms with Crippen LogP contribution in [0.3, 0.4) is 0 Å². The van der Waals surface area contributed by atoms with Crippen LogP contribution in [0.5, 0.6) is 0 Å². The molecule has 70 valence electrons. The zero-order valence-corrected chi connectivity index (χ0v) is 8.00. The highest BCUT2D eigenvalue weighted by Crippen LogP contribution is 2.34. The number of likely N-dealkylation sites (tertiary alicyclic amines) is 1. The summed E-state index contributed by atoms with van der Waals surface area (Å²) in [5.41, 5.74) is -0.166. The molecule has 3 nitrogen and oxygen atoms in total. The first kappa shape index (κ1) is 9.52. The average Bonchev–Trinajstić information content (AvgIpc) is 2.21. The van der Waals surface area contributed by atoms with Crippen LogP contribution in [0, 0.1) is 5.92 Å². The van der Waals surface area contributed by atoms with Crippen LogP contribution in [0.25, 0.3) is 0 Å². The lowest BCUT2D eigenvalue weighted by Crippen LogP contribution is -2.44. The number of carbonyl (C=O) groups excluding carboxylic acids is 1. The SMILES string of the molecule is CCN1C(=O)CC(CO)C1(C)C. The Kier molecular flexibility index (Phi) is 2.42. The second-order valence-corrected chi connectivity index (χ2v) is 3.88. The van der Waals surface area contributed by atoms with Crippen LogP contribution < -0.4 is 0 Å². The first-order chi connectivity index (χ1) is 5.54. The van der Waals surface area contributed by atoms with Gasteiger partial charge in [-0.2, -0.15) is 0 Å². The molecule has 0 radical (unpaired) electrons. The van der Waals surface area contributed by atoms with Gasteiger partial charge in [-0.1, -0.05) is 0 Å². The van der Waals surface area contributed by atoms with E-state index in [4.69, 9.17) is 5.11 Å². The molecule has 1 aliphatic rings. The Bertz CT molecular complexity index is 189. The molecule has 0 aromatic rings. The maximum atomic E-state index is 11.4. The molecule has 0 bridgehead atoms. The number of aliphatic hydroxyl groups is 1. The number of nitrogens with zero attached hydrogens (tertiary/aromatic N) is 1. The second kappa shape index (κ2) is 3.05. The molecule has 0 aliphatic carbocycles. The van der Waals surface area contributed by atoms with Gasteiger partial charge in [0.05, 0.1) is 0 Å². The number of hydrogen-bond acceptors (Lipinski definition) is 2. The van der Waals surface area contributed by atoms with E-state index in [1.807, 2.05) is 25.7 Å². The molecule has 0 aromatic carbocycles. The van der Waals surface area contributed by atoms with Gasteiger partial charge in [0.2, 0.25) is 5.91 Å². The van der Waals surface area contributed by atoms with Gasteiger partial charge >= 0.3 is 0 Å². The predicted molar refractivity (Wildman–Crippen MR) is 46.7 cm³/mol. The minimum Gasteiger partial charge on any atom is -0.396 e. The third-order valence-electron chi connectivity index (χ3n) is 2.95. The van der Waals surface area contributed by atoms with Crippen LogP contribution >= 0.6 is 0 Å². The Morgan fingerprint density at radius 2 is 2.25 bits per heavy atom. The van der Waals surface area contributed by atoms with Gasteiger partial charge in [-0.15, -0.1) is 0 Å². The van der Waals surface area contributed by atoms with Crippen LogP contribution in [0.1, 0.15) is 27.2 Å². The molecule has 1 atom stereocenters. The lowest BCUT2D eigenvalue weighted by Gasteiger charge is -2.34. The molecule has 3 heteroatoms. The lowest BCUT2D eigenvalue weighted by atomic mass is 9.89. The quantitative estimate of drug-likeness (QED) is 0.662. The Hall–Kier alpha value is -0.570. The standard InChI is InChI=1S/C9H17NO2/c1-4-10-8(12)5-7(6-11)9(10,2)3/h7,11H,4-6H2,1-3H3. The number of amides is 1. The summed E-state index contributed by atoms with van der Waals surface area (Å²) < 4.78 is 0. The van der Waals surface area contributed by atoms with Gasteiger partial charge in [0.15, 0.2) is 0 Å². The molecule has 0 aromatic heterocycles. The zero-order chi connectivity index (χ0) is 9.35. The maximum absolute atomic E-state index is 11.4. The minimum atomic E-state index is -0.166. The molecule has 0 saturated carbocycles.